The number of anilines is 1. The predicted molar refractivity (Wildman–Crippen MR) is 130 cm³/mol. The van der Waals surface area contributed by atoms with Crippen LogP contribution >= 0.6 is 24.8 Å². The van der Waals surface area contributed by atoms with Gasteiger partial charge in [-0.25, -0.2) is 0 Å². The fraction of sp³-hybridized carbons (Fsp3) is 0.708. The molecule has 2 atom stereocenters. The van der Waals surface area contributed by atoms with Crippen molar-refractivity contribution < 1.29 is 9.53 Å². The van der Waals surface area contributed by atoms with Crippen LogP contribution in [0, 0.1) is 23.2 Å². The molecule has 5 nitrogen and oxygen atoms in total. The van der Waals surface area contributed by atoms with E-state index in [2.05, 4.69) is 27.2 Å². The van der Waals surface area contributed by atoms with Crippen LogP contribution in [0.25, 0.3) is 0 Å². The molecule has 4 saturated carbocycles. The van der Waals surface area contributed by atoms with Crippen LogP contribution in [-0.2, 0) is 4.79 Å². The van der Waals surface area contributed by atoms with Gasteiger partial charge in [0.15, 0.2) is 0 Å². The Bertz CT molecular complexity index is 740. The summed E-state index contributed by atoms with van der Waals surface area (Å²) in [7, 11) is 1.74. The van der Waals surface area contributed by atoms with E-state index in [9.17, 15) is 4.79 Å². The van der Waals surface area contributed by atoms with Gasteiger partial charge in [-0.2, -0.15) is 0 Å². The lowest BCUT2D eigenvalue weighted by atomic mass is 9.75. The maximum atomic E-state index is 13.0. The molecule has 1 heterocycles. The Labute approximate surface area is 199 Å². The topological polar surface area (TPSA) is 44.8 Å². The largest absolute Gasteiger partial charge is 0.495 e. The van der Waals surface area contributed by atoms with Crippen molar-refractivity contribution in [2.45, 2.75) is 38.5 Å². The zero-order valence-electron chi connectivity index (χ0n) is 18.6. The SMILES string of the molecule is COc1ccccc1N1CCN(CCCNC(=O)C23CC4CC(CC2C4)C3)CC1.Cl.Cl. The van der Waals surface area contributed by atoms with Crippen molar-refractivity contribution in [3.63, 3.8) is 0 Å². The van der Waals surface area contributed by atoms with Crippen LogP contribution in [0.3, 0.4) is 0 Å². The van der Waals surface area contributed by atoms with Gasteiger partial charge in [0.2, 0.25) is 5.91 Å². The molecule has 1 amide bonds. The average molecular weight is 470 g/mol. The molecule has 1 aliphatic heterocycles. The number of carbonyl (C=O) groups excluding carboxylic acids is 1. The number of ether oxygens (including phenoxy) is 1. The van der Waals surface area contributed by atoms with Gasteiger partial charge in [0.1, 0.15) is 5.75 Å². The number of nitrogens with zero attached hydrogens (tertiary/aromatic N) is 2. The summed E-state index contributed by atoms with van der Waals surface area (Å²) < 4.78 is 5.51. The van der Waals surface area contributed by atoms with E-state index in [0.717, 1.165) is 63.3 Å². The summed E-state index contributed by atoms with van der Waals surface area (Å²) in [5.41, 5.74) is 1.22. The lowest BCUT2D eigenvalue weighted by Gasteiger charge is -2.36. The molecule has 0 radical (unpaired) electrons. The fourth-order valence-corrected chi connectivity index (χ4v) is 6.95. The molecule has 2 unspecified atom stereocenters. The van der Waals surface area contributed by atoms with Gasteiger partial charge in [-0.15, -0.1) is 24.8 Å². The molecule has 4 aliphatic carbocycles. The molecule has 4 bridgehead atoms. The van der Waals surface area contributed by atoms with Crippen molar-refractivity contribution in [1.29, 1.82) is 0 Å². The van der Waals surface area contributed by atoms with Crippen LogP contribution in [-0.4, -0.2) is 57.2 Å². The lowest BCUT2D eigenvalue weighted by molar-refractivity contribution is -0.132. The average Bonchev–Trinajstić information content (AvgIpc) is 3.16. The molecule has 7 heteroatoms. The summed E-state index contributed by atoms with van der Waals surface area (Å²) in [4.78, 5) is 17.9. The van der Waals surface area contributed by atoms with Gasteiger partial charge in [0, 0.05) is 32.7 Å². The first-order chi connectivity index (χ1) is 14.2. The Hall–Kier alpha value is -1.17. The first-order valence-corrected chi connectivity index (χ1v) is 11.6. The van der Waals surface area contributed by atoms with E-state index >= 15 is 0 Å². The van der Waals surface area contributed by atoms with E-state index in [0.29, 0.717) is 11.8 Å². The molecule has 1 N–H and O–H groups in total. The van der Waals surface area contributed by atoms with Crippen LogP contribution in [0.2, 0.25) is 0 Å². The molecule has 6 rings (SSSR count). The summed E-state index contributed by atoms with van der Waals surface area (Å²) in [6.07, 6.45) is 7.43. The second-order valence-corrected chi connectivity index (χ2v) is 9.81. The molecule has 1 aromatic carbocycles. The van der Waals surface area contributed by atoms with Gasteiger partial charge in [0.25, 0.3) is 0 Å². The van der Waals surface area contributed by atoms with Crippen molar-refractivity contribution in [3.8, 4) is 5.75 Å². The Kier molecular flexibility index (Phi) is 8.04. The van der Waals surface area contributed by atoms with Crippen LogP contribution in [0.1, 0.15) is 38.5 Å². The standard InChI is InChI=1S/C24H35N3O2.2ClH/c1-29-22-6-3-2-5-21(22)27-11-9-26(10-12-27)8-4-7-25-23(28)24-16-18-13-19(17-24)15-20(24)14-18;;/h2-3,5-6,18-20H,4,7-17H2,1H3,(H,25,28);2*1H. The highest BCUT2D eigenvalue weighted by atomic mass is 35.5. The molecule has 31 heavy (non-hydrogen) atoms. The highest BCUT2D eigenvalue weighted by Crippen LogP contribution is 2.65. The zero-order valence-corrected chi connectivity index (χ0v) is 20.2. The monoisotopic (exact) mass is 469 g/mol. The highest BCUT2D eigenvalue weighted by molar-refractivity contribution is 5.85. The first kappa shape index (κ1) is 24.5. The molecule has 0 spiro atoms. The number of hydrogen-bond donors (Lipinski definition) is 1. The number of piperazine rings is 1. The van der Waals surface area contributed by atoms with E-state index in [-0.39, 0.29) is 30.2 Å². The normalized spacial score (nSPS) is 31.1. The minimum atomic E-state index is 0. The van der Waals surface area contributed by atoms with Crippen molar-refractivity contribution in [2.24, 2.45) is 23.2 Å². The number of methoxy groups -OCH3 is 1. The van der Waals surface area contributed by atoms with Crippen LogP contribution in [0.15, 0.2) is 24.3 Å². The Morgan fingerprint density at radius 3 is 2.42 bits per heavy atom. The number of benzene rings is 1. The minimum absolute atomic E-state index is 0. The Morgan fingerprint density at radius 2 is 1.74 bits per heavy atom. The quantitative estimate of drug-likeness (QED) is 0.613. The third-order valence-electron chi connectivity index (χ3n) is 8.18. The Morgan fingerprint density at radius 1 is 1.06 bits per heavy atom. The number of amides is 1. The van der Waals surface area contributed by atoms with E-state index in [1.807, 2.05) is 12.1 Å². The van der Waals surface area contributed by atoms with Gasteiger partial charge in [0.05, 0.1) is 18.2 Å². The number of hydrogen-bond acceptors (Lipinski definition) is 4. The molecule has 5 fully saturated rings. The Balaban J connectivity index is 0.00000136. The third kappa shape index (κ3) is 4.65. The fourth-order valence-electron chi connectivity index (χ4n) is 6.95. The maximum absolute atomic E-state index is 13.0. The second kappa shape index (κ2) is 10.2. The predicted octanol–water partition coefficient (Wildman–Crippen LogP) is 3.99. The number of nitrogens with one attached hydrogen (secondary N) is 1. The minimum Gasteiger partial charge on any atom is -0.495 e. The highest BCUT2D eigenvalue weighted by Gasteiger charge is 2.61. The molecule has 1 aromatic rings. The maximum Gasteiger partial charge on any atom is 0.226 e. The van der Waals surface area contributed by atoms with Crippen molar-refractivity contribution in [1.82, 2.24) is 10.2 Å². The summed E-state index contributed by atoms with van der Waals surface area (Å²) in [5.74, 6) is 3.72. The summed E-state index contributed by atoms with van der Waals surface area (Å²) in [5, 5.41) is 3.32. The van der Waals surface area contributed by atoms with Crippen LogP contribution in [0.5, 0.6) is 5.75 Å². The summed E-state index contributed by atoms with van der Waals surface area (Å²) in [6, 6.07) is 8.28. The number of carbonyl (C=O) groups is 1. The van der Waals surface area contributed by atoms with E-state index in [1.54, 1.807) is 7.11 Å². The van der Waals surface area contributed by atoms with Crippen LogP contribution < -0.4 is 15.0 Å². The van der Waals surface area contributed by atoms with E-state index in [1.165, 1.54) is 37.8 Å². The first-order valence-electron chi connectivity index (χ1n) is 11.6. The lowest BCUT2D eigenvalue weighted by Crippen LogP contribution is -2.47. The second-order valence-electron chi connectivity index (χ2n) is 9.81. The van der Waals surface area contributed by atoms with Gasteiger partial charge in [-0.3, -0.25) is 9.69 Å². The van der Waals surface area contributed by atoms with Gasteiger partial charge < -0.3 is 15.0 Å². The molecule has 174 valence electrons. The summed E-state index contributed by atoms with van der Waals surface area (Å²) in [6.45, 7) is 6.10. The molecule has 0 aromatic heterocycles. The van der Waals surface area contributed by atoms with Gasteiger partial charge in [-0.05, 0) is 75.0 Å². The van der Waals surface area contributed by atoms with Crippen LogP contribution in [0.4, 0.5) is 5.69 Å². The number of para-hydroxylation sites is 2. The summed E-state index contributed by atoms with van der Waals surface area (Å²) >= 11 is 0. The van der Waals surface area contributed by atoms with Gasteiger partial charge in [-0.1, -0.05) is 12.1 Å². The van der Waals surface area contributed by atoms with E-state index < -0.39 is 0 Å². The smallest absolute Gasteiger partial charge is 0.226 e. The van der Waals surface area contributed by atoms with Crippen molar-refractivity contribution in [2.75, 3.05) is 51.3 Å². The molecular weight excluding hydrogens is 433 g/mol. The molecule has 5 aliphatic rings. The zero-order chi connectivity index (χ0) is 19.8. The molecule has 1 saturated heterocycles. The number of halogens is 2. The van der Waals surface area contributed by atoms with Crippen molar-refractivity contribution in [3.05, 3.63) is 24.3 Å². The number of rotatable bonds is 7. The third-order valence-corrected chi connectivity index (χ3v) is 8.18. The van der Waals surface area contributed by atoms with Crippen molar-refractivity contribution >= 4 is 36.4 Å². The van der Waals surface area contributed by atoms with E-state index in [4.69, 9.17) is 4.74 Å². The molecular formula is C24H37Cl2N3O2. The van der Waals surface area contributed by atoms with Gasteiger partial charge >= 0.3 is 0 Å².